The molecule has 1 aliphatic carbocycles. The van der Waals surface area contributed by atoms with Crippen molar-refractivity contribution in [3.05, 3.63) is 22.3 Å². The number of pyridine rings is 1. The Kier molecular flexibility index (Phi) is 4.55. The summed E-state index contributed by atoms with van der Waals surface area (Å²) in [4.78, 5) is 20.8. The van der Waals surface area contributed by atoms with E-state index < -0.39 is 0 Å². The normalized spacial score (nSPS) is 20.1. The minimum absolute atomic E-state index is 0.258. The molecule has 0 unspecified atom stereocenters. The van der Waals surface area contributed by atoms with Crippen molar-refractivity contribution in [1.29, 1.82) is 0 Å². The molecule has 1 aliphatic heterocycles. The van der Waals surface area contributed by atoms with E-state index in [1.807, 2.05) is 4.90 Å². The van der Waals surface area contributed by atoms with E-state index in [0.717, 1.165) is 44.8 Å². The van der Waals surface area contributed by atoms with Gasteiger partial charge in [-0.05, 0) is 18.9 Å². The van der Waals surface area contributed by atoms with Gasteiger partial charge in [-0.3, -0.25) is 4.79 Å². The van der Waals surface area contributed by atoms with Crippen LogP contribution in [-0.4, -0.2) is 42.0 Å². The zero-order valence-electron chi connectivity index (χ0n) is 11.9. The van der Waals surface area contributed by atoms with Gasteiger partial charge in [0.05, 0.1) is 10.0 Å². The Hall–Kier alpha value is -1.000. The first-order chi connectivity index (χ1) is 10.1. The topological polar surface area (TPSA) is 36.4 Å². The number of carbonyl (C=O) groups excluding carboxylic acids is 1. The van der Waals surface area contributed by atoms with Crippen LogP contribution in [0.15, 0.2) is 12.3 Å². The van der Waals surface area contributed by atoms with E-state index >= 15 is 0 Å². The van der Waals surface area contributed by atoms with Crippen molar-refractivity contribution in [2.75, 3.05) is 31.1 Å². The molecule has 1 saturated carbocycles. The molecule has 6 heteroatoms. The Bertz CT molecular complexity index is 524. The number of nitrogens with zero attached hydrogens (tertiary/aromatic N) is 3. The van der Waals surface area contributed by atoms with Gasteiger partial charge in [0.1, 0.15) is 5.82 Å². The van der Waals surface area contributed by atoms with Crippen LogP contribution in [0, 0.1) is 5.92 Å². The van der Waals surface area contributed by atoms with Crippen molar-refractivity contribution in [2.45, 2.75) is 25.7 Å². The van der Waals surface area contributed by atoms with Crippen molar-refractivity contribution in [3.8, 4) is 0 Å². The van der Waals surface area contributed by atoms with Gasteiger partial charge in [-0.2, -0.15) is 0 Å². The zero-order chi connectivity index (χ0) is 14.8. The van der Waals surface area contributed by atoms with Crippen LogP contribution in [0.25, 0.3) is 0 Å². The number of halogens is 2. The van der Waals surface area contributed by atoms with Gasteiger partial charge in [0.15, 0.2) is 0 Å². The molecule has 1 saturated heterocycles. The monoisotopic (exact) mass is 327 g/mol. The number of carbonyl (C=O) groups is 1. The van der Waals surface area contributed by atoms with Crippen LogP contribution in [0.2, 0.25) is 10.0 Å². The second kappa shape index (κ2) is 6.41. The summed E-state index contributed by atoms with van der Waals surface area (Å²) in [6.07, 6.45) is 6.12. The summed E-state index contributed by atoms with van der Waals surface area (Å²) in [5.41, 5.74) is 0. The average Bonchev–Trinajstić information content (AvgIpc) is 3.01. The molecule has 0 radical (unpaired) electrons. The van der Waals surface area contributed by atoms with Gasteiger partial charge in [0, 0.05) is 38.3 Å². The molecule has 2 aliphatic rings. The lowest BCUT2D eigenvalue weighted by Crippen LogP contribution is -2.50. The molecule has 0 bridgehead atoms. The molecule has 2 fully saturated rings. The number of piperazine rings is 1. The fourth-order valence-electron chi connectivity index (χ4n) is 3.21. The Morgan fingerprint density at radius 2 is 1.81 bits per heavy atom. The third kappa shape index (κ3) is 3.27. The maximum atomic E-state index is 12.4. The number of aromatic nitrogens is 1. The van der Waals surface area contributed by atoms with Crippen LogP contribution in [0.3, 0.4) is 0 Å². The Balaban J connectivity index is 1.60. The van der Waals surface area contributed by atoms with Crippen molar-refractivity contribution < 1.29 is 4.79 Å². The predicted molar refractivity (Wildman–Crippen MR) is 85.0 cm³/mol. The maximum absolute atomic E-state index is 12.4. The lowest BCUT2D eigenvalue weighted by Gasteiger charge is -2.36. The third-order valence-corrected chi connectivity index (χ3v) is 4.87. The predicted octanol–water partition coefficient (Wildman–Crippen LogP) is 3.23. The molecule has 21 heavy (non-hydrogen) atoms. The van der Waals surface area contributed by atoms with E-state index in [1.165, 1.54) is 12.8 Å². The molecular weight excluding hydrogens is 309 g/mol. The van der Waals surface area contributed by atoms with Crippen molar-refractivity contribution in [3.63, 3.8) is 0 Å². The number of anilines is 1. The standard InChI is InChI=1S/C15H19Cl2N3O/c16-12-9-13(17)14(18-10-12)19-5-7-20(8-6-19)15(21)11-3-1-2-4-11/h9-11H,1-8H2. The summed E-state index contributed by atoms with van der Waals surface area (Å²) in [6, 6.07) is 1.71. The molecule has 2 heterocycles. The van der Waals surface area contributed by atoms with E-state index in [0.29, 0.717) is 16.0 Å². The molecule has 0 atom stereocenters. The maximum Gasteiger partial charge on any atom is 0.225 e. The van der Waals surface area contributed by atoms with Gasteiger partial charge < -0.3 is 9.80 Å². The van der Waals surface area contributed by atoms with Crippen molar-refractivity contribution >= 4 is 34.9 Å². The van der Waals surface area contributed by atoms with Gasteiger partial charge in [0.2, 0.25) is 5.91 Å². The summed E-state index contributed by atoms with van der Waals surface area (Å²) in [6.45, 7) is 3.03. The lowest BCUT2D eigenvalue weighted by molar-refractivity contribution is -0.135. The molecule has 1 aromatic heterocycles. The van der Waals surface area contributed by atoms with E-state index in [-0.39, 0.29) is 5.92 Å². The highest BCUT2D eigenvalue weighted by Gasteiger charge is 2.30. The van der Waals surface area contributed by atoms with Gasteiger partial charge in [-0.25, -0.2) is 4.98 Å². The first-order valence-electron chi connectivity index (χ1n) is 7.50. The number of amides is 1. The highest BCUT2D eigenvalue weighted by atomic mass is 35.5. The Labute approximate surface area is 135 Å². The molecule has 0 aromatic carbocycles. The van der Waals surface area contributed by atoms with Crippen molar-refractivity contribution in [1.82, 2.24) is 9.88 Å². The first-order valence-corrected chi connectivity index (χ1v) is 8.25. The molecular formula is C15H19Cl2N3O. The second-order valence-electron chi connectivity index (χ2n) is 5.75. The number of rotatable bonds is 2. The molecule has 114 valence electrons. The van der Waals surface area contributed by atoms with E-state index in [1.54, 1.807) is 12.3 Å². The fraction of sp³-hybridized carbons (Fsp3) is 0.600. The molecule has 0 spiro atoms. The summed E-state index contributed by atoms with van der Waals surface area (Å²) in [7, 11) is 0. The molecule has 1 aromatic rings. The fourth-order valence-corrected chi connectivity index (χ4v) is 3.71. The summed E-state index contributed by atoms with van der Waals surface area (Å²) < 4.78 is 0. The quantitative estimate of drug-likeness (QED) is 0.836. The Morgan fingerprint density at radius 3 is 2.43 bits per heavy atom. The molecule has 1 amide bonds. The van der Waals surface area contributed by atoms with Gasteiger partial charge in [-0.15, -0.1) is 0 Å². The average molecular weight is 328 g/mol. The van der Waals surface area contributed by atoms with E-state index in [9.17, 15) is 4.79 Å². The minimum atomic E-state index is 0.258. The second-order valence-corrected chi connectivity index (χ2v) is 6.60. The number of hydrogen-bond acceptors (Lipinski definition) is 3. The van der Waals surface area contributed by atoms with Crippen LogP contribution in [0.5, 0.6) is 0 Å². The highest BCUT2D eigenvalue weighted by Crippen LogP contribution is 2.29. The smallest absolute Gasteiger partial charge is 0.225 e. The van der Waals surface area contributed by atoms with Crippen LogP contribution >= 0.6 is 23.2 Å². The molecule has 0 N–H and O–H groups in total. The third-order valence-electron chi connectivity index (χ3n) is 4.38. The summed E-state index contributed by atoms with van der Waals surface area (Å²) in [5.74, 6) is 1.35. The Morgan fingerprint density at radius 1 is 1.14 bits per heavy atom. The molecule has 4 nitrogen and oxygen atoms in total. The van der Waals surface area contributed by atoms with Crippen molar-refractivity contribution in [2.24, 2.45) is 5.92 Å². The van der Waals surface area contributed by atoms with Crippen LogP contribution in [0.4, 0.5) is 5.82 Å². The first kappa shape index (κ1) is 14.9. The van der Waals surface area contributed by atoms with Gasteiger partial charge in [0.25, 0.3) is 0 Å². The summed E-state index contributed by atoms with van der Waals surface area (Å²) in [5, 5.41) is 1.11. The van der Waals surface area contributed by atoms with E-state index in [2.05, 4.69) is 9.88 Å². The highest BCUT2D eigenvalue weighted by molar-refractivity contribution is 6.36. The molecule has 3 rings (SSSR count). The van der Waals surface area contributed by atoms with Crippen LogP contribution < -0.4 is 4.90 Å². The van der Waals surface area contributed by atoms with Gasteiger partial charge in [-0.1, -0.05) is 36.0 Å². The minimum Gasteiger partial charge on any atom is -0.352 e. The largest absolute Gasteiger partial charge is 0.352 e. The van der Waals surface area contributed by atoms with Crippen LogP contribution in [-0.2, 0) is 4.79 Å². The van der Waals surface area contributed by atoms with Crippen LogP contribution in [0.1, 0.15) is 25.7 Å². The SMILES string of the molecule is O=C(C1CCCC1)N1CCN(c2ncc(Cl)cc2Cl)CC1. The zero-order valence-corrected chi connectivity index (χ0v) is 13.4. The van der Waals surface area contributed by atoms with Gasteiger partial charge >= 0.3 is 0 Å². The lowest BCUT2D eigenvalue weighted by atomic mass is 10.1. The number of hydrogen-bond donors (Lipinski definition) is 0. The van der Waals surface area contributed by atoms with E-state index in [4.69, 9.17) is 23.2 Å². The summed E-state index contributed by atoms with van der Waals surface area (Å²) >= 11 is 12.1.